The largest absolute Gasteiger partial charge is 0.375 e. The van der Waals surface area contributed by atoms with E-state index in [1.165, 1.54) is 0 Å². The summed E-state index contributed by atoms with van der Waals surface area (Å²) in [7, 11) is 0. The summed E-state index contributed by atoms with van der Waals surface area (Å²) in [5, 5.41) is 3.17. The fourth-order valence-corrected chi connectivity index (χ4v) is 1.49. The van der Waals surface area contributed by atoms with Crippen LogP contribution in [0.15, 0.2) is 0 Å². The Balaban J connectivity index is 2.46. The number of carbonyl (C=O) groups excluding carboxylic acids is 1. The summed E-state index contributed by atoms with van der Waals surface area (Å²) in [5.74, 6) is -0.399. The van der Waals surface area contributed by atoms with Crippen LogP contribution in [0, 0.1) is 5.92 Å². The van der Waals surface area contributed by atoms with E-state index in [9.17, 15) is 4.79 Å². The zero-order valence-electron chi connectivity index (χ0n) is 7.38. The molecule has 0 aromatic carbocycles. The Morgan fingerprint density at radius 3 is 3.00 bits per heavy atom. The van der Waals surface area contributed by atoms with Gasteiger partial charge in [0.15, 0.2) is 0 Å². The average molecular weight is 172 g/mol. The molecule has 0 bridgehead atoms. The summed E-state index contributed by atoms with van der Waals surface area (Å²) in [6, 6.07) is 0. The van der Waals surface area contributed by atoms with E-state index >= 15 is 0 Å². The van der Waals surface area contributed by atoms with Crippen LogP contribution in [-0.2, 0) is 9.53 Å². The average Bonchev–Trinajstić information content (AvgIpc) is 2.07. The van der Waals surface area contributed by atoms with Crippen molar-refractivity contribution in [1.82, 2.24) is 5.32 Å². The molecule has 12 heavy (non-hydrogen) atoms. The number of nitrogens with one attached hydrogen (secondary N) is 1. The highest BCUT2D eigenvalue weighted by molar-refractivity contribution is 5.77. The van der Waals surface area contributed by atoms with Crippen LogP contribution < -0.4 is 11.1 Å². The smallest absolute Gasteiger partial charge is 0.223 e. The van der Waals surface area contributed by atoms with Gasteiger partial charge in [0.1, 0.15) is 0 Å². The minimum Gasteiger partial charge on any atom is -0.375 e. The van der Waals surface area contributed by atoms with Crippen molar-refractivity contribution in [2.75, 3.05) is 19.7 Å². The highest BCUT2D eigenvalue weighted by atomic mass is 16.5. The second kappa shape index (κ2) is 4.42. The van der Waals surface area contributed by atoms with Gasteiger partial charge < -0.3 is 15.8 Å². The molecule has 0 aromatic heterocycles. The maximum atomic E-state index is 10.9. The zero-order valence-corrected chi connectivity index (χ0v) is 7.38. The Bertz CT molecular complexity index is 155. The molecule has 1 rings (SSSR count). The van der Waals surface area contributed by atoms with E-state index in [2.05, 4.69) is 5.32 Å². The fourth-order valence-electron chi connectivity index (χ4n) is 1.49. The number of hydrogen-bond acceptors (Lipinski definition) is 3. The molecule has 0 saturated carbocycles. The monoisotopic (exact) mass is 172 g/mol. The Kier molecular flexibility index (Phi) is 3.49. The van der Waals surface area contributed by atoms with E-state index in [4.69, 9.17) is 10.5 Å². The number of carbonyl (C=O) groups is 1. The molecule has 1 fully saturated rings. The molecule has 1 aliphatic heterocycles. The lowest BCUT2D eigenvalue weighted by atomic mass is 9.98. The minimum atomic E-state index is -0.258. The standard InChI is InChI=1S/C8H16N2O2/c1-2-6(8(9)11)7-5-10-3-4-12-7/h6-7,10H,2-5H2,1H3,(H2,9,11). The molecule has 1 amide bonds. The molecular weight excluding hydrogens is 156 g/mol. The number of primary amides is 1. The van der Waals surface area contributed by atoms with Gasteiger partial charge in [0.2, 0.25) is 5.91 Å². The Hall–Kier alpha value is -0.610. The first-order valence-electron chi connectivity index (χ1n) is 4.37. The Labute approximate surface area is 72.5 Å². The van der Waals surface area contributed by atoms with Gasteiger partial charge >= 0.3 is 0 Å². The van der Waals surface area contributed by atoms with Gasteiger partial charge in [-0.15, -0.1) is 0 Å². The van der Waals surface area contributed by atoms with Gasteiger partial charge in [-0.3, -0.25) is 4.79 Å². The van der Waals surface area contributed by atoms with E-state index in [1.807, 2.05) is 6.92 Å². The lowest BCUT2D eigenvalue weighted by molar-refractivity contribution is -0.128. The Morgan fingerprint density at radius 1 is 1.83 bits per heavy atom. The van der Waals surface area contributed by atoms with Crippen LogP contribution in [-0.4, -0.2) is 31.7 Å². The predicted octanol–water partition coefficient (Wildman–Crippen LogP) is -0.514. The summed E-state index contributed by atoms with van der Waals surface area (Å²) in [5.41, 5.74) is 5.23. The van der Waals surface area contributed by atoms with Crippen molar-refractivity contribution in [2.45, 2.75) is 19.4 Å². The topological polar surface area (TPSA) is 64.4 Å². The van der Waals surface area contributed by atoms with Crippen molar-refractivity contribution in [2.24, 2.45) is 11.7 Å². The third kappa shape index (κ3) is 2.19. The van der Waals surface area contributed by atoms with Crippen molar-refractivity contribution in [3.63, 3.8) is 0 Å². The molecule has 1 saturated heterocycles. The van der Waals surface area contributed by atoms with E-state index in [0.717, 1.165) is 19.5 Å². The van der Waals surface area contributed by atoms with Crippen molar-refractivity contribution in [3.8, 4) is 0 Å². The third-order valence-electron chi connectivity index (χ3n) is 2.21. The molecule has 2 atom stereocenters. The van der Waals surface area contributed by atoms with Crippen molar-refractivity contribution < 1.29 is 9.53 Å². The van der Waals surface area contributed by atoms with E-state index in [1.54, 1.807) is 0 Å². The summed E-state index contributed by atoms with van der Waals surface area (Å²) in [6.45, 7) is 4.23. The molecule has 4 nitrogen and oxygen atoms in total. The number of ether oxygens (including phenoxy) is 1. The summed E-state index contributed by atoms with van der Waals surface area (Å²) < 4.78 is 5.43. The molecule has 0 radical (unpaired) electrons. The van der Waals surface area contributed by atoms with Crippen LogP contribution in [0.2, 0.25) is 0 Å². The lowest BCUT2D eigenvalue weighted by Crippen LogP contribution is -2.46. The van der Waals surface area contributed by atoms with Crippen LogP contribution >= 0.6 is 0 Å². The maximum Gasteiger partial charge on any atom is 0.223 e. The van der Waals surface area contributed by atoms with Crippen LogP contribution in [0.25, 0.3) is 0 Å². The summed E-state index contributed by atoms with van der Waals surface area (Å²) in [6.07, 6.45) is 0.725. The molecule has 4 heteroatoms. The number of amides is 1. The zero-order chi connectivity index (χ0) is 8.97. The van der Waals surface area contributed by atoms with Gasteiger partial charge in [0, 0.05) is 13.1 Å². The van der Waals surface area contributed by atoms with E-state index in [-0.39, 0.29) is 17.9 Å². The normalized spacial score (nSPS) is 26.6. The van der Waals surface area contributed by atoms with Crippen LogP contribution in [0.5, 0.6) is 0 Å². The molecule has 70 valence electrons. The van der Waals surface area contributed by atoms with E-state index in [0.29, 0.717) is 6.61 Å². The maximum absolute atomic E-state index is 10.9. The highest BCUT2D eigenvalue weighted by Crippen LogP contribution is 2.12. The quantitative estimate of drug-likeness (QED) is 0.602. The first kappa shape index (κ1) is 9.48. The minimum absolute atomic E-state index is 0.0266. The van der Waals surface area contributed by atoms with Crippen molar-refractivity contribution >= 4 is 5.91 Å². The highest BCUT2D eigenvalue weighted by Gasteiger charge is 2.26. The van der Waals surface area contributed by atoms with Crippen molar-refractivity contribution in [3.05, 3.63) is 0 Å². The van der Waals surface area contributed by atoms with Gasteiger partial charge in [0.05, 0.1) is 18.6 Å². The molecule has 0 aliphatic carbocycles. The fraction of sp³-hybridized carbons (Fsp3) is 0.875. The second-order valence-electron chi connectivity index (χ2n) is 3.03. The molecule has 1 aliphatic rings. The predicted molar refractivity (Wildman–Crippen MR) is 45.6 cm³/mol. The molecular formula is C8H16N2O2. The first-order chi connectivity index (χ1) is 5.75. The van der Waals surface area contributed by atoms with Gasteiger partial charge in [-0.2, -0.15) is 0 Å². The third-order valence-corrected chi connectivity index (χ3v) is 2.21. The van der Waals surface area contributed by atoms with E-state index < -0.39 is 0 Å². The molecule has 1 heterocycles. The Morgan fingerprint density at radius 2 is 2.58 bits per heavy atom. The summed E-state index contributed by atoms with van der Waals surface area (Å²) >= 11 is 0. The van der Waals surface area contributed by atoms with Crippen LogP contribution in [0.1, 0.15) is 13.3 Å². The first-order valence-corrected chi connectivity index (χ1v) is 4.37. The molecule has 0 aromatic rings. The van der Waals surface area contributed by atoms with Gasteiger partial charge in [-0.1, -0.05) is 6.92 Å². The van der Waals surface area contributed by atoms with Gasteiger partial charge in [-0.25, -0.2) is 0 Å². The SMILES string of the molecule is CCC(C(N)=O)C1CNCCO1. The molecule has 3 N–H and O–H groups in total. The van der Waals surface area contributed by atoms with Gasteiger partial charge in [-0.05, 0) is 6.42 Å². The molecule has 2 unspecified atom stereocenters. The summed E-state index contributed by atoms with van der Waals surface area (Å²) in [4.78, 5) is 10.9. The van der Waals surface area contributed by atoms with Crippen molar-refractivity contribution in [1.29, 1.82) is 0 Å². The van der Waals surface area contributed by atoms with Gasteiger partial charge in [0.25, 0.3) is 0 Å². The number of hydrogen-bond donors (Lipinski definition) is 2. The second-order valence-corrected chi connectivity index (χ2v) is 3.03. The number of nitrogens with two attached hydrogens (primary N) is 1. The lowest BCUT2D eigenvalue weighted by Gasteiger charge is -2.28. The number of morpholine rings is 1. The molecule has 0 spiro atoms. The number of rotatable bonds is 3. The van der Waals surface area contributed by atoms with Crippen LogP contribution in [0.3, 0.4) is 0 Å². The van der Waals surface area contributed by atoms with Crippen LogP contribution in [0.4, 0.5) is 0 Å².